The summed E-state index contributed by atoms with van der Waals surface area (Å²) in [6.45, 7) is 8.65. The normalized spacial score (nSPS) is 21.1. The molecule has 0 aromatic carbocycles. The van der Waals surface area contributed by atoms with Crippen LogP contribution in [0.4, 0.5) is 0 Å². The summed E-state index contributed by atoms with van der Waals surface area (Å²) in [6, 6.07) is 0. The van der Waals surface area contributed by atoms with Gasteiger partial charge < -0.3 is 5.32 Å². The van der Waals surface area contributed by atoms with E-state index in [9.17, 15) is 4.79 Å². The summed E-state index contributed by atoms with van der Waals surface area (Å²) >= 11 is 5.92. The van der Waals surface area contributed by atoms with Crippen molar-refractivity contribution < 1.29 is 4.79 Å². The number of hydrogen-bond donors (Lipinski definition) is 1. The van der Waals surface area contributed by atoms with E-state index in [0.29, 0.717) is 18.2 Å². The van der Waals surface area contributed by atoms with Crippen LogP contribution in [0.5, 0.6) is 0 Å². The Labute approximate surface area is 104 Å². The molecule has 1 amide bonds. The Morgan fingerprint density at radius 1 is 1.44 bits per heavy atom. The van der Waals surface area contributed by atoms with Crippen LogP contribution in [-0.2, 0) is 4.79 Å². The lowest BCUT2D eigenvalue weighted by molar-refractivity contribution is -0.125. The van der Waals surface area contributed by atoms with Gasteiger partial charge in [-0.05, 0) is 30.6 Å². The first-order valence-corrected chi connectivity index (χ1v) is 6.69. The van der Waals surface area contributed by atoms with Crippen LogP contribution >= 0.6 is 11.6 Å². The molecule has 1 saturated carbocycles. The van der Waals surface area contributed by atoms with E-state index in [1.807, 2.05) is 0 Å². The molecule has 1 aliphatic rings. The standard InChI is InChI=1S/C13H24ClNO/c1-10(12(2,3)4)8-11(16)15-13(9-14)6-5-7-13/h10H,5-9H2,1-4H3,(H,15,16). The monoisotopic (exact) mass is 245 g/mol. The molecule has 0 saturated heterocycles. The molecule has 94 valence electrons. The van der Waals surface area contributed by atoms with Gasteiger partial charge in [0.15, 0.2) is 0 Å². The van der Waals surface area contributed by atoms with E-state index in [1.165, 1.54) is 6.42 Å². The highest BCUT2D eigenvalue weighted by Crippen LogP contribution is 2.34. The lowest BCUT2D eigenvalue weighted by Crippen LogP contribution is -2.55. The van der Waals surface area contributed by atoms with E-state index < -0.39 is 0 Å². The number of hydrogen-bond acceptors (Lipinski definition) is 1. The van der Waals surface area contributed by atoms with Gasteiger partial charge >= 0.3 is 0 Å². The minimum absolute atomic E-state index is 0.0871. The highest BCUT2D eigenvalue weighted by molar-refractivity contribution is 6.18. The fourth-order valence-electron chi connectivity index (χ4n) is 1.83. The van der Waals surface area contributed by atoms with E-state index in [1.54, 1.807) is 0 Å². The van der Waals surface area contributed by atoms with Crippen molar-refractivity contribution >= 4 is 17.5 Å². The number of carbonyl (C=O) groups is 1. The maximum atomic E-state index is 11.9. The van der Waals surface area contributed by atoms with E-state index in [0.717, 1.165) is 12.8 Å². The molecule has 1 fully saturated rings. The summed E-state index contributed by atoms with van der Waals surface area (Å²) in [7, 11) is 0. The minimum Gasteiger partial charge on any atom is -0.349 e. The lowest BCUT2D eigenvalue weighted by atomic mass is 9.77. The van der Waals surface area contributed by atoms with E-state index >= 15 is 0 Å². The van der Waals surface area contributed by atoms with Crippen molar-refractivity contribution in [1.29, 1.82) is 0 Å². The lowest BCUT2D eigenvalue weighted by Gasteiger charge is -2.41. The van der Waals surface area contributed by atoms with Crippen molar-refractivity contribution in [3.8, 4) is 0 Å². The first-order valence-electron chi connectivity index (χ1n) is 6.16. The topological polar surface area (TPSA) is 29.1 Å². The smallest absolute Gasteiger partial charge is 0.220 e. The maximum Gasteiger partial charge on any atom is 0.220 e. The van der Waals surface area contributed by atoms with E-state index in [4.69, 9.17) is 11.6 Å². The Morgan fingerprint density at radius 2 is 2.00 bits per heavy atom. The molecule has 0 aliphatic heterocycles. The van der Waals surface area contributed by atoms with Gasteiger partial charge in [-0.25, -0.2) is 0 Å². The zero-order valence-electron chi connectivity index (χ0n) is 10.9. The van der Waals surface area contributed by atoms with Gasteiger partial charge in [0.1, 0.15) is 0 Å². The number of rotatable bonds is 4. The van der Waals surface area contributed by atoms with Gasteiger partial charge in [-0.3, -0.25) is 4.79 Å². The molecule has 0 heterocycles. The second kappa shape index (κ2) is 4.95. The van der Waals surface area contributed by atoms with Crippen LogP contribution in [0.15, 0.2) is 0 Å². The third kappa shape index (κ3) is 3.38. The van der Waals surface area contributed by atoms with Gasteiger partial charge in [-0.1, -0.05) is 27.7 Å². The summed E-state index contributed by atoms with van der Waals surface area (Å²) in [5, 5.41) is 3.11. The van der Waals surface area contributed by atoms with Gasteiger partial charge in [0.2, 0.25) is 5.91 Å². The summed E-state index contributed by atoms with van der Waals surface area (Å²) in [4.78, 5) is 11.9. The maximum absolute atomic E-state index is 11.9. The molecule has 1 unspecified atom stereocenters. The van der Waals surface area contributed by atoms with E-state index in [2.05, 4.69) is 33.0 Å². The van der Waals surface area contributed by atoms with Crippen molar-refractivity contribution in [2.24, 2.45) is 11.3 Å². The van der Waals surface area contributed by atoms with Crippen LogP contribution in [0.2, 0.25) is 0 Å². The van der Waals surface area contributed by atoms with Crippen molar-refractivity contribution in [2.45, 2.75) is 58.9 Å². The Bertz CT molecular complexity index is 248. The predicted molar refractivity (Wildman–Crippen MR) is 68.7 cm³/mol. The zero-order chi connectivity index (χ0) is 12.4. The molecule has 2 nitrogen and oxygen atoms in total. The second-order valence-electron chi connectivity index (χ2n) is 6.29. The summed E-state index contributed by atoms with van der Waals surface area (Å²) < 4.78 is 0. The van der Waals surface area contributed by atoms with Gasteiger partial charge in [0.05, 0.1) is 5.54 Å². The van der Waals surface area contributed by atoms with Crippen LogP contribution in [-0.4, -0.2) is 17.3 Å². The summed E-state index contributed by atoms with van der Waals surface area (Å²) in [5.41, 5.74) is 0.0985. The molecule has 0 aromatic rings. The fraction of sp³-hybridized carbons (Fsp3) is 0.923. The number of nitrogens with one attached hydrogen (secondary N) is 1. The van der Waals surface area contributed by atoms with Crippen LogP contribution in [0.1, 0.15) is 53.4 Å². The number of carbonyl (C=O) groups excluding carboxylic acids is 1. The first kappa shape index (κ1) is 13.8. The van der Waals surface area contributed by atoms with Crippen LogP contribution < -0.4 is 5.32 Å². The first-order chi connectivity index (χ1) is 7.29. The molecule has 0 aromatic heterocycles. The molecular formula is C13H24ClNO. The number of alkyl halides is 1. The molecule has 1 aliphatic carbocycles. The summed E-state index contributed by atoms with van der Waals surface area (Å²) in [5.74, 6) is 1.09. The second-order valence-corrected chi connectivity index (χ2v) is 6.55. The van der Waals surface area contributed by atoms with Gasteiger partial charge in [0, 0.05) is 12.3 Å². The number of amides is 1. The zero-order valence-corrected chi connectivity index (χ0v) is 11.7. The molecule has 0 bridgehead atoms. The highest BCUT2D eigenvalue weighted by Gasteiger charge is 2.37. The predicted octanol–water partition coefficient (Wildman–Crippen LogP) is 3.34. The largest absolute Gasteiger partial charge is 0.349 e. The number of halogens is 1. The fourth-order valence-corrected chi connectivity index (χ4v) is 2.16. The Hall–Kier alpha value is -0.240. The molecular weight excluding hydrogens is 222 g/mol. The third-order valence-electron chi connectivity index (χ3n) is 3.94. The third-order valence-corrected chi connectivity index (χ3v) is 4.45. The Kier molecular flexibility index (Phi) is 4.28. The van der Waals surface area contributed by atoms with Crippen molar-refractivity contribution in [3.05, 3.63) is 0 Å². The molecule has 3 heteroatoms. The van der Waals surface area contributed by atoms with Crippen molar-refractivity contribution in [2.75, 3.05) is 5.88 Å². The Morgan fingerprint density at radius 3 is 2.31 bits per heavy atom. The molecule has 0 spiro atoms. The average molecular weight is 246 g/mol. The van der Waals surface area contributed by atoms with Gasteiger partial charge in [-0.15, -0.1) is 11.6 Å². The van der Waals surface area contributed by atoms with Crippen LogP contribution in [0, 0.1) is 11.3 Å². The average Bonchev–Trinajstić information content (AvgIpc) is 2.09. The van der Waals surface area contributed by atoms with Crippen LogP contribution in [0.25, 0.3) is 0 Å². The molecule has 1 rings (SSSR count). The molecule has 1 N–H and O–H groups in total. The molecule has 1 atom stereocenters. The quantitative estimate of drug-likeness (QED) is 0.757. The Balaban J connectivity index is 2.41. The van der Waals surface area contributed by atoms with Crippen molar-refractivity contribution in [1.82, 2.24) is 5.32 Å². The van der Waals surface area contributed by atoms with Crippen LogP contribution in [0.3, 0.4) is 0 Å². The van der Waals surface area contributed by atoms with Gasteiger partial charge in [-0.2, -0.15) is 0 Å². The highest BCUT2D eigenvalue weighted by atomic mass is 35.5. The summed E-state index contributed by atoms with van der Waals surface area (Å²) in [6.07, 6.45) is 3.85. The molecule has 0 radical (unpaired) electrons. The van der Waals surface area contributed by atoms with Crippen molar-refractivity contribution in [3.63, 3.8) is 0 Å². The minimum atomic E-state index is -0.0871. The van der Waals surface area contributed by atoms with Gasteiger partial charge in [0.25, 0.3) is 0 Å². The van der Waals surface area contributed by atoms with E-state index in [-0.39, 0.29) is 16.9 Å². The molecule has 16 heavy (non-hydrogen) atoms. The SMILES string of the molecule is CC(CC(=O)NC1(CCl)CCC1)C(C)(C)C.